The molecule has 0 saturated heterocycles. The molecule has 1 aliphatic rings. The Balaban J connectivity index is 2.17. The van der Waals surface area contributed by atoms with Crippen molar-refractivity contribution in [1.29, 1.82) is 0 Å². The van der Waals surface area contributed by atoms with Gasteiger partial charge in [0.2, 0.25) is 0 Å². The van der Waals surface area contributed by atoms with E-state index in [-0.39, 0.29) is 17.6 Å². The predicted octanol–water partition coefficient (Wildman–Crippen LogP) is 3.50. The molecule has 4 heteroatoms. The molecule has 0 heterocycles. The molecule has 2 rings (SSSR count). The van der Waals surface area contributed by atoms with Crippen LogP contribution < -0.4 is 10.5 Å². The first-order valence-corrected chi connectivity index (χ1v) is 6.04. The summed E-state index contributed by atoms with van der Waals surface area (Å²) in [5, 5.41) is 1.09. The normalized spacial score (nSPS) is 27.3. The van der Waals surface area contributed by atoms with Crippen molar-refractivity contribution >= 4 is 23.2 Å². The number of rotatable bonds is 2. The van der Waals surface area contributed by atoms with Gasteiger partial charge in [-0.25, -0.2) is 0 Å². The molecule has 88 valence electrons. The van der Waals surface area contributed by atoms with E-state index in [1.165, 1.54) is 0 Å². The predicted molar refractivity (Wildman–Crippen MR) is 67.3 cm³/mol. The minimum Gasteiger partial charge on any atom is -0.487 e. The number of ether oxygens (including phenoxy) is 1. The molecule has 1 aromatic carbocycles. The topological polar surface area (TPSA) is 35.2 Å². The van der Waals surface area contributed by atoms with Crippen LogP contribution in [0.1, 0.15) is 20.3 Å². The Morgan fingerprint density at radius 3 is 2.31 bits per heavy atom. The van der Waals surface area contributed by atoms with E-state index in [1.54, 1.807) is 18.2 Å². The number of halogens is 2. The summed E-state index contributed by atoms with van der Waals surface area (Å²) in [6.45, 7) is 4.19. The Morgan fingerprint density at radius 2 is 1.88 bits per heavy atom. The average Bonchev–Trinajstić information content (AvgIpc) is 2.22. The second-order valence-corrected chi connectivity index (χ2v) is 5.64. The van der Waals surface area contributed by atoms with Gasteiger partial charge >= 0.3 is 0 Å². The maximum Gasteiger partial charge on any atom is 0.156 e. The summed E-state index contributed by atoms with van der Waals surface area (Å²) < 4.78 is 5.85. The smallest absolute Gasteiger partial charge is 0.156 e. The van der Waals surface area contributed by atoms with Crippen molar-refractivity contribution in [2.75, 3.05) is 0 Å². The fourth-order valence-corrected chi connectivity index (χ4v) is 2.34. The molecule has 1 fully saturated rings. The zero-order chi connectivity index (χ0) is 11.9. The summed E-state index contributed by atoms with van der Waals surface area (Å²) >= 11 is 12.1. The van der Waals surface area contributed by atoms with E-state index in [0.29, 0.717) is 15.8 Å². The third-order valence-corrected chi connectivity index (χ3v) is 4.03. The Bertz CT molecular complexity index is 386. The SMILES string of the molecule is CC1(C)C(N)CC1Oc1c(Cl)cccc1Cl. The van der Waals surface area contributed by atoms with Gasteiger partial charge < -0.3 is 10.5 Å². The zero-order valence-electron chi connectivity index (χ0n) is 9.34. The van der Waals surface area contributed by atoms with Crippen molar-refractivity contribution in [1.82, 2.24) is 0 Å². The quantitative estimate of drug-likeness (QED) is 0.883. The molecule has 1 saturated carbocycles. The summed E-state index contributed by atoms with van der Waals surface area (Å²) in [6.07, 6.45) is 0.925. The Kier molecular flexibility index (Phi) is 3.08. The van der Waals surface area contributed by atoms with Crippen molar-refractivity contribution in [2.45, 2.75) is 32.4 Å². The van der Waals surface area contributed by atoms with Crippen LogP contribution in [-0.2, 0) is 0 Å². The van der Waals surface area contributed by atoms with E-state index in [4.69, 9.17) is 33.7 Å². The summed E-state index contributed by atoms with van der Waals surface area (Å²) in [7, 11) is 0. The lowest BCUT2D eigenvalue weighted by Gasteiger charge is -2.49. The minimum absolute atomic E-state index is 0.0253. The van der Waals surface area contributed by atoms with Crippen LogP contribution >= 0.6 is 23.2 Å². The van der Waals surface area contributed by atoms with Gasteiger partial charge in [0.15, 0.2) is 5.75 Å². The molecule has 2 nitrogen and oxygen atoms in total. The Morgan fingerprint density at radius 1 is 1.31 bits per heavy atom. The molecule has 1 aromatic rings. The van der Waals surface area contributed by atoms with Crippen LogP contribution in [0.3, 0.4) is 0 Å². The molecule has 0 amide bonds. The van der Waals surface area contributed by atoms with E-state index < -0.39 is 0 Å². The van der Waals surface area contributed by atoms with Crippen LogP contribution in [0.15, 0.2) is 18.2 Å². The molecule has 2 atom stereocenters. The van der Waals surface area contributed by atoms with Gasteiger partial charge in [0.25, 0.3) is 0 Å². The van der Waals surface area contributed by atoms with Crippen molar-refractivity contribution in [3.05, 3.63) is 28.2 Å². The highest BCUT2D eigenvalue weighted by molar-refractivity contribution is 6.37. The van der Waals surface area contributed by atoms with Crippen molar-refractivity contribution < 1.29 is 4.74 Å². The Hall–Kier alpha value is -0.440. The van der Waals surface area contributed by atoms with E-state index >= 15 is 0 Å². The summed E-state index contributed by atoms with van der Waals surface area (Å²) in [5.74, 6) is 0.566. The summed E-state index contributed by atoms with van der Waals surface area (Å²) in [4.78, 5) is 0. The van der Waals surface area contributed by atoms with Gasteiger partial charge in [-0.05, 0) is 12.1 Å². The molecular weight excluding hydrogens is 245 g/mol. The van der Waals surface area contributed by atoms with Gasteiger partial charge in [-0.3, -0.25) is 0 Å². The van der Waals surface area contributed by atoms with Crippen LogP contribution in [0.2, 0.25) is 10.0 Å². The summed E-state index contributed by atoms with van der Waals surface area (Å²) in [5.41, 5.74) is 5.91. The molecule has 0 aliphatic heterocycles. The van der Waals surface area contributed by atoms with E-state index in [1.807, 2.05) is 0 Å². The van der Waals surface area contributed by atoms with Crippen molar-refractivity contribution in [3.8, 4) is 5.75 Å². The first-order valence-electron chi connectivity index (χ1n) is 5.29. The maximum absolute atomic E-state index is 6.04. The van der Waals surface area contributed by atoms with Crippen LogP contribution in [0.5, 0.6) is 5.75 Å². The molecule has 2 unspecified atom stereocenters. The average molecular weight is 260 g/mol. The van der Waals surface area contributed by atoms with Crippen molar-refractivity contribution in [3.63, 3.8) is 0 Å². The molecule has 0 radical (unpaired) electrons. The lowest BCUT2D eigenvalue weighted by Crippen LogP contribution is -2.60. The molecule has 0 bridgehead atoms. The highest BCUT2D eigenvalue weighted by Crippen LogP contribution is 2.44. The van der Waals surface area contributed by atoms with Crippen LogP contribution in [-0.4, -0.2) is 12.1 Å². The molecule has 2 N–H and O–H groups in total. The van der Waals surface area contributed by atoms with E-state index in [0.717, 1.165) is 6.42 Å². The zero-order valence-corrected chi connectivity index (χ0v) is 10.8. The Labute approximate surface area is 106 Å². The largest absolute Gasteiger partial charge is 0.487 e. The molecule has 16 heavy (non-hydrogen) atoms. The number of para-hydroxylation sites is 1. The highest BCUT2D eigenvalue weighted by Gasteiger charge is 2.48. The molecular formula is C12H15Cl2NO. The fraction of sp³-hybridized carbons (Fsp3) is 0.500. The lowest BCUT2D eigenvalue weighted by molar-refractivity contribution is -0.0398. The van der Waals surface area contributed by atoms with Crippen LogP contribution in [0.25, 0.3) is 0 Å². The number of nitrogens with two attached hydrogens (primary N) is 1. The van der Waals surface area contributed by atoms with Gasteiger partial charge in [0.05, 0.1) is 10.0 Å². The van der Waals surface area contributed by atoms with E-state index in [2.05, 4.69) is 13.8 Å². The first kappa shape index (κ1) is 12.0. The fourth-order valence-electron chi connectivity index (χ4n) is 1.85. The molecule has 1 aliphatic carbocycles. The monoisotopic (exact) mass is 259 g/mol. The van der Waals surface area contributed by atoms with Gasteiger partial charge in [0, 0.05) is 17.9 Å². The van der Waals surface area contributed by atoms with E-state index in [9.17, 15) is 0 Å². The standard InChI is InChI=1S/C12H15Cl2NO/c1-12(2)9(15)6-10(12)16-11-7(13)4-3-5-8(11)14/h3-5,9-10H,6,15H2,1-2H3. The number of hydrogen-bond donors (Lipinski definition) is 1. The van der Waals surface area contributed by atoms with Gasteiger partial charge in [0.1, 0.15) is 6.10 Å². The van der Waals surface area contributed by atoms with Gasteiger partial charge in [-0.2, -0.15) is 0 Å². The molecule has 0 spiro atoms. The highest BCUT2D eigenvalue weighted by atomic mass is 35.5. The van der Waals surface area contributed by atoms with Gasteiger partial charge in [-0.15, -0.1) is 0 Å². The first-order chi connectivity index (χ1) is 7.43. The second-order valence-electron chi connectivity index (χ2n) is 4.82. The third-order valence-electron chi connectivity index (χ3n) is 3.43. The van der Waals surface area contributed by atoms with Crippen molar-refractivity contribution in [2.24, 2.45) is 11.1 Å². The second kappa shape index (κ2) is 4.10. The maximum atomic E-state index is 6.04. The molecule has 0 aromatic heterocycles. The lowest BCUT2D eigenvalue weighted by atomic mass is 9.65. The summed E-state index contributed by atoms with van der Waals surface area (Å²) in [6, 6.07) is 5.52. The number of hydrogen-bond acceptors (Lipinski definition) is 2. The van der Waals surface area contributed by atoms with Gasteiger partial charge in [-0.1, -0.05) is 43.1 Å². The third kappa shape index (κ3) is 1.90. The minimum atomic E-state index is -0.0253. The van der Waals surface area contributed by atoms with Crippen LogP contribution in [0, 0.1) is 5.41 Å². The van der Waals surface area contributed by atoms with Crippen LogP contribution in [0.4, 0.5) is 0 Å². The number of benzene rings is 1.